The van der Waals surface area contributed by atoms with Crippen molar-refractivity contribution in [2.75, 3.05) is 26.4 Å². The highest BCUT2D eigenvalue weighted by atomic mass is 16.5. The van der Waals surface area contributed by atoms with E-state index in [0.29, 0.717) is 39.6 Å². The van der Waals surface area contributed by atoms with Crippen LogP contribution in [0.1, 0.15) is 11.1 Å². The van der Waals surface area contributed by atoms with E-state index in [1.54, 1.807) is 0 Å². The van der Waals surface area contributed by atoms with Crippen LogP contribution in [0.25, 0.3) is 0 Å². The number of hydrogen-bond acceptors (Lipinski definition) is 4. The molecule has 1 fully saturated rings. The summed E-state index contributed by atoms with van der Waals surface area (Å²) in [5.74, 6) is 0. The smallest absolute Gasteiger partial charge is 0.0717 e. The summed E-state index contributed by atoms with van der Waals surface area (Å²) < 4.78 is 17.3. The SMILES string of the molecule is c1ccc(COC[C@H]2COC[C@H](COCc3ccccc3)N2)cc1. The molecule has 1 N–H and O–H groups in total. The molecular formula is C20H25NO3. The van der Waals surface area contributed by atoms with E-state index in [0.717, 1.165) is 0 Å². The van der Waals surface area contributed by atoms with Crippen molar-refractivity contribution in [1.29, 1.82) is 0 Å². The van der Waals surface area contributed by atoms with Crippen LogP contribution in [0.15, 0.2) is 60.7 Å². The summed E-state index contributed by atoms with van der Waals surface area (Å²) >= 11 is 0. The number of hydrogen-bond donors (Lipinski definition) is 1. The van der Waals surface area contributed by atoms with E-state index in [2.05, 4.69) is 29.6 Å². The number of nitrogens with one attached hydrogen (secondary N) is 1. The number of rotatable bonds is 8. The molecule has 0 aromatic heterocycles. The van der Waals surface area contributed by atoms with Crippen molar-refractivity contribution in [1.82, 2.24) is 5.32 Å². The molecule has 1 aliphatic rings. The normalized spacial score (nSPS) is 20.8. The standard InChI is InChI=1S/C20H25NO3/c1-3-7-17(8-4-1)11-22-13-19-15-24-16-20(21-19)14-23-12-18-9-5-2-6-10-18/h1-10,19-21H,11-16H2/t19-,20-/m0/s1. The van der Waals surface area contributed by atoms with Crippen LogP contribution in [0.5, 0.6) is 0 Å². The Bertz CT molecular complexity index is 524. The van der Waals surface area contributed by atoms with Crippen LogP contribution in [0.4, 0.5) is 0 Å². The molecule has 0 aliphatic carbocycles. The lowest BCUT2D eigenvalue weighted by molar-refractivity contribution is -0.0210. The van der Waals surface area contributed by atoms with Gasteiger partial charge in [-0.15, -0.1) is 0 Å². The highest BCUT2D eigenvalue weighted by molar-refractivity contribution is 5.14. The van der Waals surface area contributed by atoms with E-state index in [1.165, 1.54) is 11.1 Å². The number of morpholine rings is 1. The number of benzene rings is 2. The van der Waals surface area contributed by atoms with E-state index < -0.39 is 0 Å². The Morgan fingerprint density at radius 2 is 1.21 bits per heavy atom. The maximum atomic E-state index is 5.80. The van der Waals surface area contributed by atoms with Gasteiger partial charge in [0.2, 0.25) is 0 Å². The van der Waals surface area contributed by atoms with Crippen molar-refractivity contribution < 1.29 is 14.2 Å². The van der Waals surface area contributed by atoms with Crippen molar-refractivity contribution in [3.05, 3.63) is 71.8 Å². The summed E-state index contributed by atoms with van der Waals surface area (Å²) in [5.41, 5.74) is 2.38. The van der Waals surface area contributed by atoms with Crippen LogP contribution in [0.2, 0.25) is 0 Å². The van der Waals surface area contributed by atoms with Crippen LogP contribution in [-0.4, -0.2) is 38.5 Å². The fourth-order valence-corrected chi connectivity index (χ4v) is 2.76. The van der Waals surface area contributed by atoms with Crippen LogP contribution >= 0.6 is 0 Å². The molecule has 128 valence electrons. The molecule has 1 saturated heterocycles. The maximum absolute atomic E-state index is 5.80. The molecule has 1 heterocycles. The minimum atomic E-state index is 0.216. The molecule has 0 radical (unpaired) electrons. The zero-order chi connectivity index (χ0) is 16.5. The first-order valence-corrected chi connectivity index (χ1v) is 8.47. The molecule has 2 atom stereocenters. The summed E-state index contributed by atoms with van der Waals surface area (Å²) in [4.78, 5) is 0. The second-order valence-electron chi connectivity index (χ2n) is 6.10. The Morgan fingerprint density at radius 3 is 1.67 bits per heavy atom. The van der Waals surface area contributed by atoms with E-state index in [1.807, 2.05) is 36.4 Å². The third-order valence-electron chi connectivity index (χ3n) is 3.97. The molecule has 4 nitrogen and oxygen atoms in total. The van der Waals surface area contributed by atoms with Crippen molar-refractivity contribution in [2.45, 2.75) is 25.3 Å². The molecule has 24 heavy (non-hydrogen) atoms. The van der Waals surface area contributed by atoms with Gasteiger partial charge in [0.05, 0.1) is 51.7 Å². The molecule has 4 heteroatoms. The first-order chi connectivity index (χ1) is 11.9. The summed E-state index contributed by atoms with van der Waals surface area (Å²) in [6.07, 6.45) is 0. The largest absolute Gasteiger partial charge is 0.378 e. The molecular weight excluding hydrogens is 302 g/mol. The highest BCUT2D eigenvalue weighted by Gasteiger charge is 2.21. The lowest BCUT2D eigenvalue weighted by atomic mass is 10.2. The summed E-state index contributed by atoms with van der Waals surface area (Å²) in [5, 5.41) is 3.55. The van der Waals surface area contributed by atoms with E-state index in [4.69, 9.17) is 14.2 Å². The van der Waals surface area contributed by atoms with Crippen molar-refractivity contribution in [2.24, 2.45) is 0 Å². The van der Waals surface area contributed by atoms with E-state index in [-0.39, 0.29) is 12.1 Å². The third-order valence-corrected chi connectivity index (χ3v) is 3.97. The molecule has 2 aromatic carbocycles. The van der Waals surface area contributed by atoms with Crippen LogP contribution in [0.3, 0.4) is 0 Å². The Labute approximate surface area is 143 Å². The highest BCUT2D eigenvalue weighted by Crippen LogP contribution is 2.06. The van der Waals surface area contributed by atoms with Crippen molar-refractivity contribution in [3.8, 4) is 0 Å². The average Bonchev–Trinajstić information content (AvgIpc) is 2.64. The van der Waals surface area contributed by atoms with E-state index >= 15 is 0 Å². The van der Waals surface area contributed by atoms with Gasteiger partial charge < -0.3 is 19.5 Å². The van der Waals surface area contributed by atoms with Gasteiger partial charge in [0.25, 0.3) is 0 Å². The Kier molecular flexibility index (Phi) is 6.81. The average molecular weight is 327 g/mol. The molecule has 0 bridgehead atoms. The number of ether oxygens (including phenoxy) is 3. The molecule has 2 aromatic rings. The fraction of sp³-hybridized carbons (Fsp3) is 0.400. The summed E-state index contributed by atoms with van der Waals surface area (Å²) in [6, 6.07) is 20.9. The first-order valence-electron chi connectivity index (χ1n) is 8.47. The first kappa shape index (κ1) is 17.1. The van der Waals surface area contributed by atoms with Crippen LogP contribution in [0, 0.1) is 0 Å². The van der Waals surface area contributed by atoms with Gasteiger partial charge in [0.1, 0.15) is 0 Å². The predicted molar refractivity (Wildman–Crippen MR) is 93.7 cm³/mol. The molecule has 0 unspecified atom stereocenters. The van der Waals surface area contributed by atoms with Gasteiger partial charge in [0.15, 0.2) is 0 Å². The molecule has 0 spiro atoms. The van der Waals surface area contributed by atoms with Gasteiger partial charge in [-0.3, -0.25) is 0 Å². The lowest BCUT2D eigenvalue weighted by Gasteiger charge is -2.30. The van der Waals surface area contributed by atoms with Gasteiger partial charge in [-0.2, -0.15) is 0 Å². The zero-order valence-corrected chi connectivity index (χ0v) is 13.9. The third kappa shape index (κ3) is 5.73. The molecule has 0 amide bonds. The van der Waals surface area contributed by atoms with Crippen molar-refractivity contribution in [3.63, 3.8) is 0 Å². The van der Waals surface area contributed by atoms with Gasteiger partial charge in [-0.1, -0.05) is 60.7 Å². The summed E-state index contributed by atoms with van der Waals surface area (Å²) in [6.45, 7) is 3.92. The van der Waals surface area contributed by atoms with Gasteiger partial charge in [-0.05, 0) is 11.1 Å². The fourth-order valence-electron chi connectivity index (χ4n) is 2.76. The second-order valence-corrected chi connectivity index (χ2v) is 6.10. The van der Waals surface area contributed by atoms with Crippen LogP contribution < -0.4 is 5.32 Å². The Balaban J connectivity index is 1.33. The van der Waals surface area contributed by atoms with Gasteiger partial charge >= 0.3 is 0 Å². The zero-order valence-electron chi connectivity index (χ0n) is 13.9. The van der Waals surface area contributed by atoms with E-state index in [9.17, 15) is 0 Å². The lowest BCUT2D eigenvalue weighted by Crippen LogP contribution is -2.52. The van der Waals surface area contributed by atoms with Crippen molar-refractivity contribution >= 4 is 0 Å². The maximum Gasteiger partial charge on any atom is 0.0717 e. The monoisotopic (exact) mass is 327 g/mol. The quantitative estimate of drug-likeness (QED) is 0.809. The molecule has 3 rings (SSSR count). The summed E-state index contributed by atoms with van der Waals surface area (Å²) in [7, 11) is 0. The van der Waals surface area contributed by atoms with Crippen LogP contribution in [-0.2, 0) is 27.4 Å². The topological polar surface area (TPSA) is 39.7 Å². The van der Waals surface area contributed by atoms with Gasteiger partial charge in [-0.25, -0.2) is 0 Å². The second kappa shape index (κ2) is 9.55. The minimum Gasteiger partial charge on any atom is -0.378 e. The Hall–Kier alpha value is -1.72. The van der Waals surface area contributed by atoms with Gasteiger partial charge in [0, 0.05) is 0 Å². The molecule has 1 aliphatic heterocycles. The predicted octanol–water partition coefficient (Wildman–Crippen LogP) is 2.78. The minimum absolute atomic E-state index is 0.216. The Morgan fingerprint density at radius 1 is 0.750 bits per heavy atom. The molecule has 0 saturated carbocycles.